The number of hydrogen-bond acceptors (Lipinski definition) is 8. The van der Waals surface area contributed by atoms with E-state index in [4.69, 9.17) is 0 Å². The number of azo groups is 2. The molecule has 2 heterocycles. The highest BCUT2D eigenvalue weighted by Gasteiger charge is 2.46. The topological polar surface area (TPSA) is 145 Å². The summed E-state index contributed by atoms with van der Waals surface area (Å²) in [6.07, 6.45) is 0. The molecule has 0 spiro atoms. The summed E-state index contributed by atoms with van der Waals surface area (Å²) in [5.74, 6) is -0.913. The summed E-state index contributed by atoms with van der Waals surface area (Å²) in [6.45, 7) is 22.8. The number of nitrogens with zero attached hydrogens (tertiary/aromatic N) is 4. The van der Waals surface area contributed by atoms with Crippen LogP contribution in [0.15, 0.2) is 31.9 Å². The van der Waals surface area contributed by atoms with Gasteiger partial charge in [-0.05, 0) is 52.4 Å². The standard InChI is InChI=1S/2C12H21N3O2/c2*1-11(2,3)9-8(16)7(10(17)13-9)14-15-12(4,5)6/h9,16H,1-6H3,(H,13,17);7,9H,1-6H3,(H,13,17). The second kappa shape index (κ2) is 9.92. The molecule has 0 radical (unpaired) electrons. The summed E-state index contributed by atoms with van der Waals surface area (Å²) >= 11 is 0. The first-order valence-electron chi connectivity index (χ1n) is 11.5. The Balaban J connectivity index is 0.000000340. The molecule has 10 heteroatoms. The number of nitrogens with one attached hydrogen (secondary N) is 2. The molecule has 0 aromatic heterocycles. The second-order valence-corrected chi connectivity index (χ2v) is 12.9. The van der Waals surface area contributed by atoms with E-state index >= 15 is 0 Å². The minimum atomic E-state index is -0.974. The number of amides is 2. The van der Waals surface area contributed by atoms with Crippen LogP contribution < -0.4 is 10.6 Å². The van der Waals surface area contributed by atoms with E-state index in [9.17, 15) is 19.5 Å². The van der Waals surface area contributed by atoms with E-state index in [0.717, 1.165) is 0 Å². The van der Waals surface area contributed by atoms with Gasteiger partial charge < -0.3 is 15.7 Å². The maximum absolute atomic E-state index is 12.0. The van der Waals surface area contributed by atoms with Crippen molar-refractivity contribution in [3.8, 4) is 0 Å². The highest BCUT2D eigenvalue weighted by atomic mass is 16.3. The molecular weight excluding hydrogens is 436 g/mol. The molecule has 2 rings (SSSR count). The zero-order chi connectivity index (χ0) is 26.9. The minimum Gasteiger partial charge on any atom is -0.508 e. The Hall–Kier alpha value is -2.65. The van der Waals surface area contributed by atoms with E-state index in [0.29, 0.717) is 0 Å². The number of carbonyl (C=O) groups is 3. The Kier molecular flexibility index (Phi) is 8.57. The van der Waals surface area contributed by atoms with Crippen molar-refractivity contribution in [2.24, 2.45) is 31.3 Å². The van der Waals surface area contributed by atoms with Crippen LogP contribution in [0.2, 0.25) is 0 Å². The van der Waals surface area contributed by atoms with Gasteiger partial charge in [0.25, 0.3) is 11.8 Å². The van der Waals surface area contributed by atoms with Crippen LogP contribution in [0.1, 0.15) is 83.1 Å². The van der Waals surface area contributed by atoms with Gasteiger partial charge in [0.2, 0.25) is 6.04 Å². The predicted octanol–water partition coefficient (Wildman–Crippen LogP) is 4.27. The van der Waals surface area contributed by atoms with Crippen LogP contribution in [0.4, 0.5) is 0 Å². The van der Waals surface area contributed by atoms with Crippen LogP contribution in [-0.2, 0) is 14.4 Å². The zero-order valence-corrected chi connectivity index (χ0v) is 22.7. The van der Waals surface area contributed by atoms with Gasteiger partial charge in [-0.25, -0.2) is 0 Å². The first-order chi connectivity index (χ1) is 15.0. The maximum Gasteiger partial charge on any atom is 0.275 e. The number of ketones is 1. The van der Waals surface area contributed by atoms with Crippen LogP contribution in [0, 0.1) is 10.8 Å². The lowest BCUT2D eigenvalue weighted by Gasteiger charge is -2.26. The van der Waals surface area contributed by atoms with Crippen LogP contribution >= 0.6 is 0 Å². The van der Waals surface area contributed by atoms with Gasteiger partial charge in [-0.2, -0.15) is 15.3 Å². The molecule has 3 unspecified atom stereocenters. The fourth-order valence-corrected chi connectivity index (χ4v) is 3.01. The second-order valence-electron chi connectivity index (χ2n) is 12.9. The normalized spacial score (nSPS) is 24.6. The molecular formula is C24H42N6O4. The molecule has 2 aliphatic rings. The van der Waals surface area contributed by atoms with Crippen molar-refractivity contribution in [3.63, 3.8) is 0 Å². The molecule has 2 aliphatic heterocycles. The van der Waals surface area contributed by atoms with Gasteiger partial charge in [0.05, 0.1) is 23.2 Å². The lowest BCUT2D eigenvalue weighted by atomic mass is 9.85. The fraction of sp³-hybridized carbons (Fsp3) is 0.792. The number of aliphatic hydroxyl groups is 1. The molecule has 10 nitrogen and oxygen atoms in total. The molecule has 0 aliphatic carbocycles. The molecule has 0 saturated carbocycles. The van der Waals surface area contributed by atoms with E-state index in [1.807, 2.05) is 83.1 Å². The number of hydrogen-bond donors (Lipinski definition) is 3. The molecule has 2 amide bonds. The smallest absolute Gasteiger partial charge is 0.275 e. The average Bonchev–Trinajstić information content (AvgIpc) is 3.06. The zero-order valence-electron chi connectivity index (χ0n) is 22.7. The molecule has 3 atom stereocenters. The van der Waals surface area contributed by atoms with Gasteiger partial charge in [-0.15, -0.1) is 5.11 Å². The van der Waals surface area contributed by atoms with Crippen LogP contribution in [0.25, 0.3) is 0 Å². The van der Waals surface area contributed by atoms with Gasteiger partial charge in [0, 0.05) is 0 Å². The number of Topliss-reactive ketones (excluding diaryl/α,β-unsaturated/α-hetero) is 1. The van der Waals surface area contributed by atoms with Gasteiger partial charge in [-0.3, -0.25) is 14.4 Å². The molecule has 1 saturated heterocycles. The Bertz CT molecular complexity index is 892. The summed E-state index contributed by atoms with van der Waals surface area (Å²) in [5, 5.41) is 31.1. The lowest BCUT2D eigenvalue weighted by molar-refractivity contribution is -0.124. The summed E-state index contributed by atoms with van der Waals surface area (Å²) in [7, 11) is 0. The number of carbonyl (C=O) groups excluding carboxylic acids is 3. The monoisotopic (exact) mass is 478 g/mol. The van der Waals surface area contributed by atoms with Crippen molar-refractivity contribution >= 4 is 17.6 Å². The van der Waals surface area contributed by atoms with Crippen molar-refractivity contribution in [3.05, 3.63) is 11.5 Å². The van der Waals surface area contributed by atoms with E-state index in [2.05, 4.69) is 31.1 Å². The summed E-state index contributed by atoms with van der Waals surface area (Å²) < 4.78 is 0. The van der Waals surface area contributed by atoms with Gasteiger partial charge in [0.1, 0.15) is 5.76 Å². The Labute approximate surface area is 203 Å². The molecule has 0 aromatic carbocycles. The molecule has 0 bridgehead atoms. The van der Waals surface area contributed by atoms with Crippen molar-refractivity contribution in [1.29, 1.82) is 0 Å². The summed E-state index contributed by atoms with van der Waals surface area (Å²) in [5.41, 5.74) is -1.26. The Morgan fingerprint density at radius 3 is 1.53 bits per heavy atom. The van der Waals surface area contributed by atoms with Crippen molar-refractivity contribution < 1.29 is 19.5 Å². The average molecular weight is 479 g/mol. The van der Waals surface area contributed by atoms with E-state index in [-0.39, 0.29) is 51.0 Å². The van der Waals surface area contributed by atoms with E-state index in [1.54, 1.807) is 0 Å². The number of rotatable bonds is 2. The molecule has 1 fully saturated rings. The third-order valence-corrected chi connectivity index (χ3v) is 4.75. The number of aliphatic hydroxyl groups excluding tert-OH is 1. The van der Waals surface area contributed by atoms with Crippen LogP contribution in [0.5, 0.6) is 0 Å². The molecule has 34 heavy (non-hydrogen) atoms. The Morgan fingerprint density at radius 2 is 1.18 bits per heavy atom. The predicted molar refractivity (Wildman–Crippen MR) is 130 cm³/mol. The summed E-state index contributed by atoms with van der Waals surface area (Å²) in [4.78, 5) is 35.4. The molecule has 0 aromatic rings. The van der Waals surface area contributed by atoms with Gasteiger partial charge in [0.15, 0.2) is 11.5 Å². The first kappa shape index (κ1) is 29.4. The fourth-order valence-electron chi connectivity index (χ4n) is 3.01. The van der Waals surface area contributed by atoms with Crippen LogP contribution in [-0.4, -0.2) is 51.9 Å². The molecule has 3 N–H and O–H groups in total. The van der Waals surface area contributed by atoms with Gasteiger partial charge in [-0.1, -0.05) is 41.5 Å². The highest BCUT2D eigenvalue weighted by molar-refractivity contribution is 6.14. The molecule has 192 valence electrons. The maximum atomic E-state index is 12.0. The summed E-state index contributed by atoms with van der Waals surface area (Å²) in [6, 6.07) is -1.85. The van der Waals surface area contributed by atoms with Crippen molar-refractivity contribution in [2.45, 2.75) is 112 Å². The van der Waals surface area contributed by atoms with E-state index < -0.39 is 18.1 Å². The highest BCUT2D eigenvalue weighted by Crippen LogP contribution is 2.30. The minimum absolute atomic E-state index is 0.0181. The van der Waals surface area contributed by atoms with Crippen molar-refractivity contribution in [2.75, 3.05) is 0 Å². The van der Waals surface area contributed by atoms with Gasteiger partial charge >= 0.3 is 0 Å². The van der Waals surface area contributed by atoms with Crippen molar-refractivity contribution in [1.82, 2.24) is 10.6 Å². The third-order valence-electron chi connectivity index (χ3n) is 4.75. The quantitative estimate of drug-likeness (QED) is 0.402. The lowest BCUT2D eigenvalue weighted by Crippen LogP contribution is -2.41. The Morgan fingerprint density at radius 1 is 0.706 bits per heavy atom. The van der Waals surface area contributed by atoms with E-state index in [1.165, 1.54) is 0 Å². The first-order valence-corrected chi connectivity index (χ1v) is 11.5. The largest absolute Gasteiger partial charge is 0.508 e. The van der Waals surface area contributed by atoms with Crippen LogP contribution in [0.3, 0.4) is 0 Å². The SMILES string of the molecule is CC(C)(C)N=NC1=C(O)C(C(C)(C)C)NC1=O.CC(C)(C)N=NC1C(=O)NC(C(C)(C)C)C1=O. The third kappa shape index (κ3) is 8.29.